The number of carbonyl (C=O) groups is 8. The second-order valence-electron chi connectivity index (χ2n) is 14.9. The molecule has 0 radical (unpaired) electrons. The van der Waals surface area contributed by atoms with Gasteiger partial charge < -0.3 is 58.0 Å². The van der Waals surface area contributed by atoms with E-state index >= 15 is 0 Å². The van der Waals surface area contributed by atoms with Crippen molar-refractivity contribution in [2.75, 3.05) is 45.2 Å². The minimum absolute atomic E-state index is 0.00760. The Morgan fingerprint density at radius 1 is 0.651 bits per heavy atom. The molecular weight excluding hydrogens is 913 g/mol. The quantitative estimate of drug-likeness (QED) is 0.0843. The number of ether oxygens (including phenoxy) is 10. The van der Waals surface area contributed by atoms with Gasteiger partial charge in [0, 0.05) is 39.2 Å². The van der Waals surface area contributed by atoms with Crippen molar-refractivity contribution in [3.8, 4) is 0 Å². The first-order valence-electron chi connectivity index (χ1n) is 19.1. The van der Waals surface area contributed by atoms with Crippen LogP contribution in [-0.2, 0) is 76.1 Å². The molecule has 63 heavy (non-hydrogen) atoms. The fourth-order valence-corrected chi connectivity index (χ4v) is 8.26. The Balaban J connectivity index is 0.00000101. The molecule has 2 rings (SSSR count). The van der Waals surface area contributed by atoms with E-state index in [1.165, 1.54) is 69.8 Å². The molecule has 360 valence electrons. The molecule has 8 atom stereocenters. The molecule has 0 saturated heterocycles. The van der Waals surface area contributed by atoms with Gasteiger partial charge in [0.25, 0.3) is 0 Å². The van der Waals surface area contributed by atoms with Gasteiger partial charge in [0.15, 0.2) is 24.4 Å². The first-order valence-corrected chi connectivity index (χ1v) is 23.4. The summed E-state index contributed by atoms with van der Waals surface area (Å²) < 4.78 is 50.6. The number of methoxy groups -OCH3 is 2. The van der Waals surface area contributed by atoms with Crippen LogP contribution in [0.5, 0.6) is 0 Å². The van der Waals surface area contributed by atoms with Crippen molar-refractivity contribution in [3.05, 3.63) is 24.7 Å². The summed E-state index contributed by atoms with van der Waals surface area (Å²) in [5, 5.41) is 4.52. The van der Waals surface area contributed by atoms with Crippen molar-refractivity contribution in [3.63, 3.8) is 0 Å². The van der Waals surface area contributed by atoms with Gasteiger partial charge in [-0.05, 0) is 60.0 Å². The highest BCUT2D eigenvalue weighted by Crippen LogP contribution is 2.35. The lowest BCUT2D eigenvalue weighted by Gasteiger charge is -2.33. The van der Waals surface area contributed by atoms with E-state index < -0.39 is 83.8 Å². The van der Waals surface area contributed by atoms with Crippen LogP contribution < -0.4 is 10.6 Å². The largest absolute Gasteiger partial charge is 0.491 e. The Hall–Kier alpha value is -4.16. The van der Waals surface area contributed by atoms with Crippen LogP contribution in [0.25, 0.3) is 0 Å². The topological polar surface area (TPSA) is 253 Å². The van der Waals surface area contributed by atoms with Crippen LogP contribution in [0.2, 0.25) is 0 Å². The predicted molar refractivity (Wildman–Crippen MR) is 238 cm³/mol. The molecule has 0 bridgehead atoms. The SMILES string of the molecule is COC(=O)C(CSS[C@@H]1C=COC(COC(C)=O)[C@H]1OC(C)=O)NC(=O)OC(C)(C)C.COC(=O)[C@@H](CS)NC(=O)OC(C)(C)C.CS[C@@H]1C=COC(COC(C)=O)[C@H]1OC(C)=O. The van der Waals surface area contributed by atoms with Crippen LogP contribution in [0.1, 0.15) is 69.2 Å². The number of thioether (sulfide) groups is 1. The van der Waals surface area contributed by atoms with Crippen LogP contribution in [-0.4, -0.2) is 151 Å². The van der Waals surface area contributed by atoms with Gasteiger partial charge in [-0.3, -0.25) is 19.2 Å². The van der Waals surface area contributed by atoms with Gasteiger partial charge in [0.2, 0.25) is 0 Å². The third kappa shape index (κ3) is 26.9. The Morgan fingerprint density at radius 3 is 1.41 bits per heavy atom. The van der Waals surface area contributed by atoms with E-state index in [2.05, 4.69) is 28.0 Å². The zero-order valence-corrected chi connectivity index (χ0v) is 41.1. The molecule has 0 spiro atoms. The molecular formula is C39H62N2O18S4. The molecule has 0 aromatic heterocycles. The highest BCUT2D eigenvalue weighted by atomic mass is 33.1. The zero-order valence-electron chi connectivity index (χ0n) is 37.8. The lowest BCUT2D eigenvalue weighted by molar-refractivity contribution is -0.160. The first-order chi connectivity index (χ1) is 29.3. The number of esters is 6. The van der Waals surface area contributed by atoms with Crippen molar-refractivity contribution < 1.29 is 85.7 Å². The Labute approximate surface area is 386 Å². The number of thiol groups is 1. The molecule has 0 aromatic rings. The van der Waals surface area contributed by atoms with Crippen LogP contribution in [0, 0.1) is 0 Å². The maximum absolute atomic E-state index is 12.0. The molecule has 3 unspecified atom stereocenters. The molecule has 0 saturated carbocycles. The fourth-order valence-electron chi connectivity index (χ4n) is 4.60. The molecule has 0 aliphatic carbocycles. The molecule has 2 N–H and O–H groups in total. The minimum atomic E-state index is -0.940. The molecule has 0 aromatic carbocycles. The first kappa shape index (κ1) is 58.8. The summed E-state index contributed by atoms with van der Waals surface area (Å²) >= 11 is 5.47. The average Bonchev–Trinajstić information content (AvgIpc) is 3.17. The standard InChI is InChI=1S/C19H29NO9S2.C11H16O5S.C9H17NO4S/c1-11(21)27-9-14-16(28-12(2)22)15(7-8-26-14)31-30-10-13(17(23)25-6)20-18(24)29-19(3,4)5;1-7(12)15-6-9-11(16-8(2)13)10(17-3)4-5-14-9;1-9(2,3)14-8(12)10-6(5-15)7(11)13-4/h7-8,13-16H,9-10H2,1-6H3,(H,20,24);4-5,9-11H,6H2,1-3H3;6,15H,5H2,1-4H3,(H,10,12)/t13?,14?,15-,16-;9?,10-,11-;6-/m111/s1. The Bertz CT molecular complexity index is 1570. The minimum Gasteiger partial charge on any atom is -0.491 e. The summed E-state index contributed by atoms with van der Waals surface area (Å²) in [5.41, 5.74) is -1.31. The highest BCUT2D eigenvalue weighted by Gasteiger charge is 2.38. The van der Waals surface area contributed by atoms with Crippen molar-refractivity contribution >= 4 is 94.0 Å². The number of hydrogen-bond donors (Lipinski definition) is 3. The molecule has 0 fully saturated rings. The monoisotopic (exact) mass is 974 g/mol. The van der Waals surface area contributed by atoms with E-state index in [0.29, 0.717) is 0 Å². The molecule has 2 aliphatic rings. The van der Waals surface area contributed by atoms with Crippen LogP contribution in [0.4, 0.5) is 9.59 Å². The summed E-state index contributed by atoms with van der Waals surface area (Å²) in [7, 11) is 5.05. The third-order valence-electron chi connectivity index (χ3n) is 7.15. The van der Waals surface area contributed by atoms with E-state index in [1.807, 2.05) is 12.3 Å². The lowest BCUT2D eigenvalue weighted by atomic mass is 10.1. The Morgan fingerprint density at radius 2 is 1.05 bits per heavy atom. The number of rotatable bonds is 16. The van der Waals surface area contributed by atoms with Crippen LogP contribution in [0.15, 0.2) is 24.7 Å². The van der Waals surface area contributed by atoms with E-state index in [1.54, 1.807) is 65.6 Å². The molecule has 2 aliphatic heterocycles. The van der Waals surface area contributed by atoms with Gasteiger partial charge in [0.05, 0.1) is 37.2 Å². The molecule has 2 heterocycles. The van der Waals surface area contributed by atoms with Crippen molar-refractivity contribution in [2.45, 2.75) is 127 Å². The van der Waals surface area contributed by atoms with Gasteiger partial charge in [0.1, 0.15) is 36.5 Å². The van der Waals surface area contributed by atoms with Gasteiger partial charge in [-0.1, -0.05) is 21.6 Å². The van der Waals surface area contributed by atoms with E-state index in [-0.39, 0.29) is 47.2 Å². The van der Waals surface area contributed by atoms with Gasteiger partial charge in [-0.2, -0.15) is 24.4 Å². The summed E-state index contributed by atoms with van der Waals surface area (Å²) in [6.07, 6.45) is 4.76. The van der Waals surface area contributed by atoms with Crippen molar-refractivity contribution in [1.82, 2.24) is 10.6 Å². The van der Waals surface area contributed by atoms with Gasteiger partial charge in [-0.25, -0.2) is 19.2 Å². The highest BCUT2D eigenvalue weighted by molar-refractivity contribution is 8.77. The number of hydrogen-bond acceptors (Lipinski definition) is 22. The average molecular weight is 975 g/mol. The maximum Gasteiger partial charge on any atom is 0.408 e. The van der Waals surface area contributed by atoms with Crippen molar-refractivity contribution in [2.24, 2.45) is 0 Å². The smallest absolute Gasteiger partial charge is 0.408 e. The van der Waals surface area contributed by atoms with E-state index in [4.69, 9.17) is 42.6 Å². The summed E-state index contributed by atoms with van der Waals surface area (Å²) in [6.45, 7) is 15.6. The Kier molecular flexibility index (Phi) is 28.1. The number of carbonyl (C=O) groups excluding carboxylic acids is 8. The second-order valence-corrected chi connectivity index (χ2v) is 18.9. The van der Waals surface area contributed by atoms with Crippen molar-refractivity contribution in [1.29, 1.82) is 0 Å². The van der Waals surface area contributed by atoms with E-state index in [9.17, 15) is 38.4 Å². The van der Waals surface area contributed by atoms with Crippen LogP contribution in [0.3, 0.4) is 0 Å². The fraction of sp³-hybridized carbons (Fsp3) is 0.692. The third-order valence-corrected chi connectivity index (χ3v) is 11.2. The zero-order chi connectivity index (χ0) is 48.5. The molecule has 20 nitrogen and oxygen atoms in total. The second kappa shape index (κ2) is 30.1. The summed E-state index contributed by atoms with van der Waals surface area (Å²) in [4.78, 5) is 90.9. The van der Waals surface area contributed by atoms with Gasteiger partial charge in [-0.15, -0.1) is 0 Å². The number of nitrogens with one attached hydrogen (secondary N) is 2. The van der Waals surface area contributed by atoms with E-state index in [0.717, 1.165) is 0 Å². The normalized spacial score (nSPS) is 20.9. The summed E-state index contributed by atoms with van der Waals surface area (Å²) in [5.74, 6) is -2.58. The van der Waals surface area contributed by atoms with Crippen LogP contribution >= 0.6 is 46.0 Å². The summed E-state index contributed by atoms with van der Waals surface area (Å²) in [6, 6.07) is -1.72. The number of alkyl carbamates (subject to hydrolysis) is 2. The molecule has 24 heteroatoms. The van der Waals surface area contributed by atoms with Gasteiger partial charge >= 0.3 is 48.0 Å². The maximum atomic E-state index is 12.0. The molecule has 2 amide bonds. The lowest BCUT2D eigenvalue weighted by Crippen LogP contribution is -2.46. The predicted octanol–water partition coefficient (Wildman–Crippen LogP) is 4.32. The number of amides is 2.